The van der Waals surface area contributed by atoms with Crippen LogP contribution in [0.2, 0.25) is 0 Å². The predicted octanol–water partition coefficient (Wildman–Crippen LogP) is 5.46. The Morgan fingerprint density at radius 2 is 2.00 bits per heavy atom. The molecule has 2 heterocycles. The van der Waals surface area contributed by atoms with E-state index >= 15 is 0 Å². The Hall–Kier alpha value is -3.37. The molecule has 1 aliphatic rings. The molecular weight excluding hydrogens is 486 g/mol. The van der Waals surface area contributed by atoms with Gasteiger partial charge in [-0.25, -0.2) is 4.99 Å². The van der Waals surface area contributed by atoms with E-state index in [-0.39, 0.29) is 38.8 Å². The number of para-hydroxylation sites is 1. The van der Waals surface area contributed by atoms with Crippen molar-refractivity contribution < 1.29 is 19.2 Å². The summed E-state index contributed by atoms with van der Waals surface area (Å²) in [4.78, 5) is 30.0. The normalized spacial score (nSPS) is 16.4. The molecule has 0 spiro atoms. The fraction of sp³-hybridized carbons (Fsp3) is 0.0476. The molecule has 8 nitrogen and oxygen atoms in total. The molecule has 1 N–H and O–H groups in total. The standard InChI is InChI=1S/C21H14BrN3O5S/c22-17-11-15(25(28)29)9-13(19(17)26)10-18-20(27)24(12-16-7-4-8-30-16)21(31-18)23-14-5-2-1-3-6-14/h1-11,26H,12H2/b18-10-,23-21?. The summed E-state index contributed by atoms with van der Waals surface area (Å²) in [5.74, 6) is 0.0348. The van der Waals surface area contributed by atoms with Crippen LogP contribution in [0.4, 0.5) is 11.4 Å². The van der Waals surface area contributed by atoms with Crippen LogP contribution >= 0.6 is 27.7 Å². The van der Waals surface area contributed by atoms with E-state index in [2.05, 4.69) is 20.9 Å². The number of thioether (sulfide) groups is 1. The second-order valence-corrected chi connectivity index (χ2v) is 8.30. The van der Waals surface area contributed by atoms with Gasteiger partial charge in [-0.15, -0.1) is 0 Å². The smallest absolute Gasteiger partial charge is 0.271 e. The molecule has 1 fully saturated rings. The minimum atomic E-state index is -0.568. The van der Waals surface area contributed by atoms with Crippen molar-refractivity contribution in [2.45, 2.75) is 6.54 Å². The largest absolute Gasteiger partial charge is 0.506 e. The third-order valence-electron chi connectivity index (χ3n) is 4.34. The van der Waals surface area contributed by atoms with Gasteiger partial charge >= 0.3 is 0 Å². The average molecular weight is 500 g/mol. The van der Waals surface area contributed by atoms with Crippen LogP contribution in [0.15, 0.2) is 79.6 Å². The Bertz CT molecular complexity index is 1210. The second-order valence-electron chi connectivity index (χ2n) is 6.43. The molecule has 0 bridgehead atoms. The summed E-state index contributed by atoms with van der Waals surface area (Å²) in [5, 5.41) is 21.9. The lowest BCUT2D eigenvalue weighted by atomic mass is 10.1. The summed E-state index contributed by atoms with van der Waals surface area (Å²) >= 11 is 4.23. The highest BCUT2D eigenvalue weighted by molar-refractivity contribution is 9.10. The minimum Gasteiger partial charge on any atom is -0.506 e. The lowest BCUT2D eigenvalue weighted by Gasteiger charge is -2.13. The van der Waals surface area contributed by atoms with Crippen molar-refractivity contribution in [1.82, 2.24) is 4.90 Å². The first-order chi connectivity index (χ1) is 14.9. The Kier molecular flexibility index (Phi) is 5.92. The topological polar surface area (TPSA) is 109 Å². The van der Waals surface area contributed by atoms with E-state index in [9.17, 15) is 20.0 Å². The zero-order valence-electron chi connectivity index (χ0n) is 15.8. The molecule has 156 valence electrons. The van der Waals surface area contributed by atoms with E-state index in [1.807, 2.05) is 30.3 Å². The number of benzene rings is 2. The molecule has 0 atom stereocenters. The van der Waals surface area contributed by atoms with Crippen molar-refractivity contribution in [2.75, 3.05) is 0 Å². The molecule has 1 amide bonds. The number of halogens is 1. The highest BCUT2D eigenvalue weighted by atomic mass is 79.9. The molecule has 1 aromatic heterocycles. The molecule has 0 saturated carbocycles. The second kappa shape index (κ2) is 8.78. The van der Waals surface area contributed by atoms with Crippen molar-refractivity contribution >= 4 is 56.2 Å². The van der Waals surface area contributed by atoms with E-state index in [1.54, 1.807) is 12.1 Å². The van der Waals surface area contributed by atoms with Gasteiger partial charge in [0.05, 0.1) is 32.8 Å². The number of carbonyl (C=O) groups is 1. The van der Waals surface area contributed by atoms with E-state index in [4.69, 9.17) is 4.42 Å². The zero-order chi connectivity index (χ0) is 22.0. The highest BCUT2D eigenvalue weighted by Crippen LogP contribution is 2.39. The minimum absolute atomic E-state index is 0.149. The number of hydrogen-bond acceptors (Lipinski definition) is 7. The van der Waals surface area contributed by atoms with Gasteiger partial charge in [0.15, 0.2) is 5.17 Å². The number of amides is 1. The molecule has 4 rings (SSSR count). The maximum atomic E-state index is 13.1. The van der Waals surface area contributed by atoms with Crippen LogP contribution in [0.3, 0.4) is 0 Å². The predicted molar refractivity (Wildman–Crippen MR) is 121 cm³/mol. The summed E-state index contributed by atoms with van der Waals surface area (Å²) in [6.07, 6.45) is 2.94. The van der Waals surface area contributed by atoms with Crippen LogP contribution in [-0.4, -0.2) is 26.0 Å². The van der Waals surface area contributed by atoms with Crippen molar-refractivity contribution in [1.29, 1.82) is 0 Å². The third kappa shape index (κ3) is 4.54. The zero-order valence-corrected chi connectivity index (χ0v) is 18.2. The lowest BCUT2D eigenvalue weighted by molar-refractivity contribution is -0.385. The van der Waals surface area contributed by atoms with Gasteiger partial charge in [0.25, 0.3) is 11.6 Å². The first-order valence-electron chi connectivity index (χ1n) is 8.97. The Morgan fingerprint density at radius 3 is 2.68 bits per heavy atom. The summed E-state index contributed by atoms with van der Waals surface area (Å²) in [6, 6.07) is 15.1. The number of phenolic OH excluding ortho intramolecular Hbond substituents is 1. The fourth-order valence-corrected chi connectivity index (χ4v) is 4.32. The number of hydrogen-bond donors (Lipinski definition) is 1. The SMILES string of the molecule is O=C1/C(=C/c2cc([N+](=O)[O-])cc(Br)c2O)SC(=Nc2ccccc2)N1Cc1ccco1. The number of rotatable bonds is 5. The average Bonchev–Trinajstić information content (AvgIpc) is 3.36. The number of amidine groups is 1. The van der Waals surface area contributed by atoms with Gasteiger partial charge in [0.1, 0.15) is 11.5 Å². The maximum absolute atomic E-state index is 13.1. The van der Waals surface area contributed by atoms with Crippen molar-refractivity contribution in [3.8, 4) is 5.75 Å². The van der Waals surface area contributed by atoms with Crippen molar-refractivity contribution in [3.05, 3.63) is 91.7 Å². The van der Waals surface area contributed by atoms with Gasteiger partial charge in [0, 0.05) is 17.7 Å². The van der Waals surface area contributed by atoms with Gasteiger partial charge in [-0.1, -0.05) is 18.2 Å². The number of furan rings is 1. The van der Waals surface area contributed by atoms with Crippen molar-refractivity contribution in [3.63, 3.8) is 0 Å². The number of non-ortho nitro benzene ring substituents is 1. The summed E-state index contributed by atoms with van der Waals surface area (Å²) in [5.41, 5.74) is 0.609. The molecule has 0 unspecified atom stereocenters. The lowest BCUT2D eigenvalue weighted by Crippen LogP contribution is -2.28. The summed E-state index contributed by atoms with van der Waals surface area (Å²) < 4.78 is 5.54. The monoisotopic (exact) mass is 499 g/mol. The Morgan fingerprint density at radius 1 is 1.23 bits per heavy atom. The first kappa shape index (κ1) is 20.9. The van der Waals surface area contributed by atoms with Gasteiger partial charge in [-0.2, -0.15) is 0 Å². The van der Waals surface area contributed by atoms with Gasteiger partial charge in [-0.3, -0.25) is 19.8 Å². The van der Waals surface area contributed by atoms with Crippen LogP contribution in [-0.2, 0) is 11.3 Å². The van der Waals surface area contributed by atoms with E-state index in [1.165, 1.54) is 29.4 Å². The van der Waals surface area contributed by atoms with E-state index in [0.29, 0.717) is 16.6 Å². The molecule has 10 heteroatoms. The molecule has 1 aliphatic heterocycles. The Labute approximate surface area is 189 Å². The quantitative estimate of drug-likeness (QED) is 0.283. The number of nitrogens with zero attached hydrogens (tertiary/aromatic N) is 3. The van der Waals surface area contributed by atoms with Crippen LogP contribution in [0, 0.1) is 10.1 Å². The number of phenols is 1. The summed E-state index contributed by atoms with van der Waals surface area (Å²) in [7, 11) is 0. The van der Waals surface area contributed by atoms with Gasteiger partial charge in [0.2, 0.25) is 0 Å². The number of aromatic hydroxyl groups is 1. The Balaban J connectivity index is 1.75. The van der Waals surface area contributed by atoms with Gasteiger partial charge < -0.3 is 9.52 Å². The third-order valence-corrected chi connectivity index (χ3v) is 5.95. The van der Waals surface area contributed by atoms with Crippen LogP contribution in [0.1, 0.15) is 11.3 Å². The van der Waals surface area contributed by atoms with E-state index in [0.717, 1.165) is 11.8 Å². The number of aliphatic imine (C=N–C) groups is 1. The molecule has 3 aromatic rings. The molecule has 0 aliphatic carbocycles. The first-order valence-corrected chi connectivity index (χ1v) is 10.6. The van der Waals surface area contributed by atoms with Crippen molar-refractivity contribution in [2.24, 2.45) is 4.99 Å². The van der Waals surface area contributed by atoms with Crippen LogP contribution in [0.5, 0.6) is 5.75 Å². The molecule has 1 saturated heterocycles. The molecular formula is C21H14BrN3O5S. The highest BCUT2D eigenvalue weighted by Gasteiger charge is 2.34. The maximum Gasteiger partial charge on any atom is 0.271 e. The number of carbonyl (C=O) groups excluding carboxylic acids is 1. The van der Waals surface area contributed by atoms with Crippen LogP contribution < -0.4 is 0 Å². The van der Waals surface area contributed by atoms with Crippen LogP contribution in [0.25, 0.3) is 6.08 Å². The fourth-order valence-electron chi connectivity index (χ4n) is 2.86. The van der Waals surface area contributed by atoms with E-state index < -0.39 is 4.92 Å². The summed E-state index contributed by atoms with van der Waals surface area (Å²) in [6.45, 7) is 0.173. The number of nitro groups is 1. The number of nitro benzene ring substituents is 1. The molecule has 0 radical (unpaired) electrons. The van der Waals surface area contributed by atoms with Gasteiger partial charge in [-0.05, 0) is 58.0 Å². The molecule has 2 aromatic carbocycles. The molecule has 31 heavy (non-hydrogen) atoms.